The molecule has 1 aromatic heterocycles. The van der Waals surface area contributed by atoms with Gasteiger partial charge in [-0.3, -0.25) is 0 Å². The van der Waals surface area contributed by atoms with Crippen LogP contribution in [0.4, 0.5) is 13.2 Å². The summed E-state index contributed by atoms with van der Waals surface area (Å²) in [6.45, 7) is 0.290. The van der Waals surface area contributed by atoms with Gasteiger partial charge in [0.15, 0.2) is 5.16 Å². The van der Waals surface area contributed by atoms with Gasteiger partial charge in [-0.25, -0.2) is 0 Å². The van der Waals surface area contributed by atoms with Gasteiger partial charge in [0.05, 0.1) is 6.54 Å². The topological polar surface area (TPSA) is 42.7 Å². The maximum atomic E-state index is 11.9. The Morgan fingerprint density at radius 3 is 2.84 bits per heavy atom. The molecule has 1 aromatic rings. The van der Waals surface area contributed by atoms with Gasteiger partial charge in [0.1, 0.15) is 5.82 Å². The van der Waals surface area contributed by atoms with Crippen LogP contribution in [0.15, 0.2) is 5.16 Å². The fourth-order valence-electron chi connectivity index (χ4n) is 2.01. The smallest absolute Gasteiger partial charge is 0.308 e. The summed E-state index contributed by atoms with van der Waals surface area (Å²) in [6.07, 6.45) is 0.248. The van der Waals surface area contributed by atoms with E-state index in [1.807, 2.05) is 0 Å². The molecule has 0 saturated heterocycles. The van der Waals surface area contributed by atoms with E-state index in [1.165, 1.54) is 18.2 Å². The quantitative estimate of drug-likeness (QED) is 0.668. The number of rotatable bonds is 5. The van der Waals surface area contributed by atoms with Crippen molar-refractivity contribution in [3.8, 4) is 0 Å². The van der Waals surface area contributed by atoms with E-state index in [1.54, 1.807) is 0 Å². The summed E-state index contributed by atoms with van der Waals surface area (Å²) in [5.74, 6) is 1.57. The van der Waals surface area contributed by atoms with Crippen LogP contribution < -0.4 is 5.32 Å². The van der Waals surface area contributed by atoms with Crippen LogP contribution in [0.3, 0.4) is 0 Å². The number of halogens is 3. The largest absolute Gasteiger partial charge is 0.401 e. The van der Waals surface area contributed by atoms with Gasteiger partial charge in [-0.2, -0.15) is 13.2 Å². The van der Waals surface area contributed by atoms with E-state index in [9.17, 15) is 13.2 Å². The van der Waals surface area contributed by atoms with Crippen molar-refractivity contribution in [3.63, 3.8) is 0 Å². The highest BCUT2D eigenvalue weighted by atomic mass is 32.2. The van der Waals surface area contributed by atoms with Crippen LogP contribution in [0.2, 0.25) is 0 Å². The molecule has 1 N–H and O–H groups in total. The van der Waals surface area contributed by atoms with Gasteiger partial charge < -0.3 is 9.88 Å². The molecule has 1 aliphatic heterocycles. The molecule has 0 amide bonds. The molecule has 2 heterocycles. The average Bonchev–Trinajstić information content (AvgIpc) is 2.57. The van der Waals surface area contributed by atoms with Crippen LogP contribution in [-0.2, 0) is 13.0 Å². The van der Waals surface area contributed by atoms with E-state index in [2.05, 4.69) is 20.1 Å². The Morgan fingerprint density at radius 2 is 2.05 bits per heavy atom. The van der Waals surface area contributed by atoms with Crippen molar-refractivity contribution < 1.29 is 13.2 Å². The second-order valence-corrected chi connectivity index (χ2v) is 5.56. The Bertz CT molecular complexity index is 405. The molecule has 0 saturated carbocycles. The van der Waals surface area contributed by atoms with Crippen molar-refractivity contribution in [3.05, 3.63) is 5.82 Å². The van der Waals surface area contributed by atoms with Crippen molar-refractivity contribution >= 4 is 11.8 Å². The average molecular weight is 294 g/mol. The lowest BCUT2D eigenvalue weighted by Crippen LogP contribution is -2.30. The number of fused-ring (bicyclic) bond motifs is 1. The number of nitrogens with zero attached hydrogens (tertiary/aromatic N) is 3. The first kappa shape index (κ1) is 14.6. The monoisotopic (exact) mass is 294 g/mol. The lowest BCUT2D eigenvalue weighted by atomic mass is 10.2. The van der Waals surface area contributed by atoms with Crippen LogP contribution in [0.25, 0.3) is 0 Å². The standard InChI is InChI=1S/C11H17F3N4S/c12-11(13,14)8-15-5-7-19-10-17-16-9-4-2-1-3-6-18(9)10/h15H,1-8H2. The first-order chi connectivity index (χ1) is 9.06. The number of aromatic nitrogens is 3. The summed E-state index contributed by atoms with van der Waals surface area (Å²) in [5, 5.41) is 11.5. The molecular formula is C11H17F3N4S. The van der Waals surface area contributed by atoms with Crippen LogP contribution >= 0.6 is 11.8 Å². The minimum absolute atomic E-state index is 0.312. The van der Waals surface area contributed by atoms with E-state index in [0.717, 1.165) is 36.8 Å². The first-order valence-corrected chi connectivity index (χ1v) is 7.37. The van der Waals surface area contributed by atoms with Crippen molar-refractivity contribution in [2.45, 2.75) is 43.6 Å². The molecule has 2 rings (SSSR count). The zero-order chi connectivity index (χ0) is 13.7. The Hall–Kier alpha value is -0.760. The highest BCUT2D eigenvalue weighted by Crippen LogP contribution is 2.21. The fourth-order valence-corrected chi connectivity index (χ4v) is 2.89. The molecule has 0 bridgehead atoms. The molecule has 0 atom stereocenters. The van der Waals surface area contributed by atoms with Crippen LogP contribution in [0, 0.1) is 0 Å². The third-order valence-electron chi connectivity index (χ3n) is 2.91. The molecule has 4 nitrogen and oxygen atoms in total. The number of alkyl halides is 3. The highest BCUT2D eigenvalue weighted by Gasteiger charge is 2.26. The maximum absolute atomic E-state index is 11.9. The predicted octanol–water partition coefficient (Wildman–Crippen LogP) is 2.25. The normalized spacial score (nSPS) is 16.2. The zero-order valence-electron chi connectivity index (χ0n) is 10.5. The van der Waals surface area contributed by atoms with Gasteiger partial charge in [0.2, 0.25) is 0 Å². The second kappa shape index (κ2) is 6.60. The lowest BCUT2D eigenvalue weighted by molar-refractivity contribution is -0.124. The van der Waals surface area contributed by atoms with E-state index in [-0.39, 0.29) is 0 Å². The minimum atomic E-state index is -4.14. The van der Waals surface area contributed by atoms with Gasteiger partial charge in [0.25, 0.3) is 0 Å². The molecule has 8 heteroatoms. The van der Waals surface area contributed by atoms with E-state index >= 15 is 0 Å². The van der Waals surface area contributed by atoms with Gasteiger partial charge in [0, 0.05) is 25.3 Å². The Kier molecular flexibility index (Phi) is 5.09. The summed E-state index contributed by atoms with van der Waals surface area (Å²) in [6, 6.07) is 0. The Labute approximate surface area is 114 Å². The van der Waals surface area contributed by atoms with Gasteiger partial charge >= 0.3 is 6.18 Å². The van der Waals surface area contributed by atoms with E-state index in [4.69, 9.17) is 0 Å². The summed E-state index contributed by atoms with van der Waals surface area (Å²) in [4.78, 5) is 0. The van der Waals surface area contributed by atoms with Crippen molar-refractivity contribution in [1.82, 2.24) is 20.1 Å². The van der Waals surface area contributed by atoms with Crippen LogP contribution in [0.5, 0.6) is 0 Å². The van der Waals surface area contributed by atoms with Crippen LogP contribution in [0.1, 0.15) is 25.1 Å². The first-order valence-electron chi connectivity index (χ1n) is 6.38. The second-order valence-electron chi connectivity index (χ2n) is 4.50. The van der Waals surface area contributed by atoms with E-state index in [0.29, 0.717) is 12.3 Å². The SMILES string of the molecule is FC(F)(F)CNCCSc1nnc2n1CCCCC2. The van der Waals surface area contributed by atoms with Gasteiger partial charge in [-0.1, -0.05) is 18.2 Å². The zero-order valence-corrected chi connectivity index (χ0v) is 11.4. The molecule has 0 aromatic carbocycles. The van der Waals surface area contributed by atoms with Crippen LogP contribution in [-0.4, -0.2) is 39.8 Å². The summed E-state index contributed by atoms with van der Waals surface area (Å²) >= 11 is 1.46. The molecular weight excluding hydrogens is 277 g/mol. The number of aryl methyl sites for hydroxylation is 1. The molecule has 19 heavy (non-hydrogen) atoms. The fraction of sp³-hybridized carbons (Fsp3) is 0.818. The Morgan fingerprint density at radius 1 is 1.21 bits per heavy atom. The molecule has 0 radical (unpaired) electrons. The van der Waals surface area contributed by atoms with Crippen molar-refractivity contribution in [1.29, 1.82) is 0 Å². The third kappa shape index (κ3) is 4.68. The predicted molar refractivity (Wildman–Crippen MR) is 67.2 cm³/mol. The number of nitrogens with one attached hydrogen (secondary N) is 1. The molecule has 1 aliphatic rings. The molecule has 108 valence electrons. The van der Waals surface area contributed by atoms with Gasteiger partial charge in [-0.15, -0.1) is 10.2 Å². The molecule has 0 spiro atoms. The highest BCUT2D eigenvalue weighted by molar-refractivity contribution is 7.99. The molecule has 0 unspecified atom stereocenters. The van der Waals surface area contributed by atoms with E-state index < -0.39 is 12.7 Å². The lowest BCUT2D eigenvalue weighted by Gasteiger charge is -2.08. The number of hydrogen-bond donors (Lipinski definition) is 1. The Balaban J connectivity index is 1.76. The number of hydrogen-bond acceptors (Lipinski definition) is 4. The van der Waals surface area contributed by atoms with Gasteiger partial charge in [-0.05, 0) is 12.8 Å². The van der Waals surface area contributed by atoms with Crippen molar-refractivity contribution in [2.24, 2.45) is 0 Å². The summed E-state index contributed by atoms with van der Waals surface area (Å²) in [5.41, 5.74) is 0. The summed E-state index contributed by atoms with van der Waals surface area (Å²) in [7, 11) is 0. The minimum Gasteiger partial charge on any atom is -0.308 e. The summed E-state index contributed by atoms with van der Waals surface area (Å²) < 4.78 is 37.9. The molecule has 0 fully saturated rings. The number of thioether (sulfide) groups is 1. The van der Waals surface area contributed by atoms with Crippen molar-refractivity contribution in [2.75, 3.05) is 18.8 Å². The maximum Gasteiger partial charge on any atom is 0.401 e. The molecule has 0 aliphatic carbocycles. The third-order valence-corrected chi connectivity index (χ3v) is 3.88.